The number of carbonyl (C=O) groups is 1. The highest BCUT2D eigenvalue weighted by Gasteiger charge is 2.15. The molecule has 0 aliphatic carbocycles. The van der Waals surface area contributed by atoms with Crippen LogP contribution in [0.2, 0.25) is 0 Å². The number of imidazole rings is 1. The molecule has 2 heterocycles. The normalized spacial score (nSPS) is 11.1. The minimum absolute atomic E-state index is 0.0577. The van der Waals surface area contributed by atoms with Crippen LogP contribution in [0.1, 0.15) is 51.8 Å². The van der Waals surface area contributed by atoms with Crippen LogP contribution in [0.3, 0.4) is 0 Å². The molecule has 3 N–H and O–H groups in total. The Balaban J connectivity index is 1.96. The Morgan fingerprint density at radius 1 is 1.24 bits per heavy atom. The van der Waals surface area contributed by atoms with Crippen molar-refractivity contribution in [1.82, 2.24) is 14.7 Å². The standard InChI is InChI=1S/C23H30N4O2/c1-5-18-9-6-8-15(2)20(18)13-25-21-12-19(23(29)24-10-7-11-28)14-27-17(4)16(3)26-22(21)27/h6,8-9,12,14,25,28H,5,7,10-11,13H2,1-4H3,(H,24,29). The third-order valence-corrected chi connectivity index (χ3v) is 5.42. The number of hydrogen-bond acceptors (Lipinski definition) is 4. The van der Waals surface area contributed by atoms with Gasteiger partial charge in [-0.2, -0.15) is 0 Å². The lowest BCUT2D eigenvalue weighted by Crippen LogP contribution is -2.25. The van der Waals surface area contributed by atoms with Gasteiger partial charge in [-0.3, -0.25) is 4.79 Å². The van der Waals surface area contributed by atoms with Crippen molar-refractivity contribution in [1.29, 1.82) is 0 Å². The molecule has 1 aromatic carbocycles. The molecule has 0 aliphatic rings. The molecule has 3 rings (SSSR count). The van der Waals surface area contributed by atoms with Crippen LogP contribution < -0.4 is 10.6 Å². The number of anilines is 1. The highest BCUT2D eigenvalue weighted by Crippen LogP contribution is 2.24. The molecule has 0 fully saturated rings. The average molecular weight is 395 g/mol. The summed E-state index contributed by atoms with van der Waals surface area (Å²) in [5.74, 6) is -0.153. The van der Waals surface area contributed by atoms with Gasteiger partial charge in [-0.25, -0.2) is 4.98 Å². The molecule has 0 aliphatic heterocycles. The average Bonchev–Trinajstić information content (AvgIpc) is 3.01. The summed E-state index contributed by atoms with van der Waals surface area (Å²) in [7, 11) is 0. The Morgan fingerprint density at radius 2 is 2.03 bits per heavy atom. The Bertz CT molecular complexity index is 1020. The summed E-state index contributed by atoms with van der Waals surface area (Å²) >= 11 is 0. The number of carbonyl (C=O) groups excluding carboxylic acids is 1. The third-order valence-electron chi connectivity index (χ3n) is 5.42. The van der Waals surface area contributed by atoms with Crippen LogP contribution >= 0.6 is 0 Å². The van der Waals surface area contributed by atoms with E-state index in [2.05, 4.69) is 42.7 Å². The van der Waals surface area contributed by atoms with E-state index < -0.39 is 0 Å². The van der Waals surface area contributed by atoms with Gasteiger partial charge in [-0.05, 0) is 56.4 Å². The first-order valence-electron chi connectivity index (χ1n) is 10.2. The van der Waals surface area contributed by atoms with Gasteiger partial charge in [0.1, 0.15) is 0 Å². The quantitative estimate of drug-likeness (QED) is 0.511. The van der Waals surface area contributed by atoms with Crippen LogP contribution in [0, 0.1) is 20.8 Å². The molecule has 0 saturated carbocycles. The second-order valence-electron chi connectivity index (χ2n) is 7.37. The van der Waals surface area contributed by atoms with Crippen LogP contribution in [-0.4, -0.2) is 33.6 Å². The minimum Gasteiger partial charge on any atom is -0.396 e. The lowest BCUT2D eigenvalue weighted by molar-refractivity contribution is 0.0950. The summed E-state index contributed by atoms with van der Waals surface area (Å²) in [5, 5.41) is 15.3. The first-order valence-corrected chi connectivity index (χ1v) is 10.2. The van der Waals surface area contributed by atoms with Crippen molar-refractivity contribution >= 4 is 17.2 Å². The molecule has 0 spiro atoms. The predicted molar refractivity (Wildman–Crippen MR) is 117 cm³/mol. The molecule has 2 aromatic heterocycles. The number of aliphatic hydroxyl groups is 1. The second-order valence-corrected chi connectivity index (χ2v) is 7.37. The van der Waals surface area contributed by atoms with Crippen LogP contribution in [0.4, 0.5) is 5.69 Å². The van der Waals surface area contributed by atoms with Gasteiger partial charge < -0.3 is 20.1 Å². The fourth-order valence-corrected chi connectivity index (χ4v) is 3.54. The molecule has 0 radical (unpaired) electrons. The number of aliphatic hydroxyl groups excluding tert-OH is 1. The zero-order valence-electron chi connectivity index (χ0n) is 17.7. The van der Waals surface area contributed by atoms with Crippen molar-refractivity contribution in [3.8, 4) is 0 Å². The van der Waals surface area contributed by atoms with E-state index in [1.54, 1.807) is 0 Å². The molecule has 6 heteroatoms. The molecule has 154 valence electrons. The SMILES string of the molecule is CCc1cccc(C)c1CNc1cc(C(=O)NCCCO)cn2c(C)c(C)nc12. The van der Waals surface area contributed by atoms with Gasteiger partial charge in [0.15, 0.2) is 5.65 Å². The fourth-order valence-electron chi connectivity index (χ4n) is 3.54. The maximum atomic E-state index is 12.6. The van der Waals surface area contributed by atoms with E-state index in [-0.39, 0.29) is 12.5 Å². The van der Waals surface area contributed by atoms with E-state index in [1.165, 1.54) is 16.7 Å². The van der Waals surface area contributed by atoms with Gasteiger partial charge in [0.25, 0.3) is 5.91 Å². The molecular weight excluding hydrogens is 364 g/mol. The lowest BCUT2D eigenvalue weighted by atomic mass is 10.00. The van der Waals surface area contributed by atoms with Crippen molar-refractivity contribution in [3.05, 3.63) is 64.1 Å². The van der Waals surface area contributed by atoms with Gasteiger partial charge in [0.05, 0.1) is 16.9 Å². The Kier molecular flexibility index (Phi) is 6.54. The number of aryl methyl sites for hydroxylation is 4. The van der Waals surface area contributed by atoms with Gasteiger partial charge in [-0.15, -0.1) is 0 Å². The Hall–Kier alpha value is -2.86. The monoisotopic (exact) mass is 394 g/mol. The zero-order chi connectivity index (χ0) is 21.0. The molecule has 0 bridgehead atoms. The number of pyridine rings is 1. The summed E-state index contributed by atoms with van der Waals surface area (Å²) in [5.41, 5.74) is 8.03. The highest BCUT2D eigenvalue weighted by atomic mass is 16.3. The van der Waals surface area contributed by atoms with Crippen LogP contribution in [-0.2, 0) is 13.0 Å². The van der Waals surface area contributed by atoms with E-state index in [0.29, 0.717) is 25.1 Å². The molecular formula is C23H30N4O2. The molecule has 0 atom stereocenters. The molecule has 3 aromatic rings. The number of amides is 1. The first kappa shape index (κ1) is 20.9. The van der Waals surface area contributed by atoms with Crippen molar-refractivity contribution in [2.75, 3.05) is 18.5 Å². The van der Waals surface area contributed by atoms with E-state index >= 15 is 0 Å². The number of nitrogens with zero attached hydrogens (tertiary/aromatic N) is 2. The number of benzene rings is 1. The molecule has 1 amide bonds. The van der Waals surface area contributed by atoms with Crippen LogP contribution in [0.15, 0.2) is 30.5 Å². The number of hydrogen-bond donors (Lipinski definition) is 3. The van der Waals surface area contributed by atoms with Gasteiger partial charge in [-0.1, -0.05) is 25.1 Å². The lowest BCUT2D eigenvalue weighted by Gasteiger charge is -2.15. The first-order chi connectivity index (χ1) is 14.0. The summed E-state index contributed by atoms with van der Waals surface area (Å²) in [6.07, 6.45) is 3.34. The summed E-state index contributed by atoms with van der Waals surface area (Å²) in [4.78, 5) is 17.3. The molecule has 6 nitrogen and oxygen atoms in total. The third kappa shape index (κ3) is 4.43. The Morgan fingerprint density at radius 3 is 2.76 bits per heavy atom. The maximum absolute atomic E-state index is 12.6. The van der Waals surface area contributed by atoms with E-state index in [4.69, 9.17) is 10.1 Å². The van der Waals surface area contributed by atoms with Crippen molar-refractivity contribution < 1.29 is 9.90 Å². The summed E-state index contributed by atoms with van der Waals surface area (Å²) < 4.78 is 1.97. The van der Waals surface area contributed by atoms with Gasteiger partial charge >= 0.3 is 0 Å². The maximum Gasteiger partial charge on any atom is 0.252 e. The highest BCUT2D eigenvalue weighted by molar-refractivity contribution is 5.96. The second kappa shape index (κ2) is 9.09. The smallest absolute Gasteiger partial charge is 0.252 e. The number of rotatable bonds is 8. The van der Waals surface area contributed by atoms with E-state index in [9.17, 15) is 4.79 Å². The van der Waals surface area contributed by atoms with Crippen LogP contribution in [0.25, 0.3) is 5.65 Å². The van der Waals surface area contributed by atoms with Gasteiger partial charge in [0, 0.05) is 31.6 Å². The van der Waals surface area contributed by atoms with Crippen molar-refractivity contribution in [2.24, 2.45) is 0 Å². The van der Waals surface area contributed by atoms with Gasteiger partial charge in [0.2, 0.25) is 0 Å². The minimum atomic E-state index is -0.153. The Labute approximate surface area is 172 Å². The zero-order valence-corrected chi connectivity index (χ0v) is 17.7. The largest absolute Gasteiger partial charge is 0.396 e. The van der Waals surface area contributed by atoms with Crippen molar-refractivity contribution in [2.45, 2.75) is 47.1 Å². The number of fused-ring (bicyclic) bond motifs is 1. The summed E-state index contributed by atoms with van der Waals surface area (Å²) in [6, 6.07) is 8.24. The predicted octanol–water partition coefficient (Wildman–Crippen LogP) is 3.55. The molecule has 0 saturated heterocycles. The van der Waals surface area contributed by atoms with E-state index in [1.807, 2.05) is 30.5 Å². The van der Waals surface area contributed by atoms with Crippen molar-refractivity contribution in [3.63, 3.8) is 0 Å². The molecule has 29 heavy (non-hydrogen) atoms. The summed E-state index contributed by atoms with van der Waals surface area (Å²) in [6.45, 7) is 9.44. The van der Waals surface area contributed by atoms with E-state index in [0.717, 1.165) is 29.1 Å². The molecule has 0 unspecified atom stereocenters. The number of nitrogens with one attached hydrogen (secondary N) is 2. The number of aromatic nitrogens is 2. The fraction of sp³-hybridized carbons (Fsp3) is 0.391. The topological polar surface area (TPSA) is 78.7 Å². The van der Waals surface area contributed by atoms with Crippen LogP contribution in [0.5, 0.6) is 0 Å².